The minimum Gasteiger partial charge on any atom is -0.477 e. The summed E-state index contributed by atoms with van der Waals surface area (Å²) in [6.45, 7) is 2.55. The van der Waals surface area contributed by atoms with Gasteiger partial charge in [0.25, 0.3) is 0 Å². The maximum absolute atomic E-state index is 9.35. The number of hydrogen-bond donors (Lipinski definition) is 1. The molecule has 0 unspecified atom stereocenters. The number of ether oxygens (including phenoxy) is 1. The minimum absolute atomic E-state index is 0.0168. The Morgan fingerprint density at radius 2 is 2.19 bits per heavy atom. The van der Waals surface area contributed by atoms with Crippen LogP contribution in [0.4, 0.5) is 0 Å². The second kappa shape index (κ2) is 4.84. The average Bonchev–Trinajstić information content (AvgIpc) is 2.31. The van der Waals surface area contributed by atoms with Gasteiger partial charge in [-0.25, -0.2) is 0 Å². The van der Waals surface area contributed by atoms with E-state index in [9.17, 15) is 5.11 Å². The minimum atomic E-state index is -0.0168. The lowest BCUT2D eigenvalue weighted by Gasteiger charge is -2.18. The van der Waals surface area contributed by atoms with E-state index in [4.69, 9.17) is 4.74 Å². The Labute approximate surface area is 95.3 Å². The standard InChI is InChI=1S/C13H15NO2/c1-2-8-14-9-13(15)16-10-12(14)11-6-4-3-5-7-11/h3-9,12H,2,10H2,1H3/p+1/t12-/m1/s1. The van der Waals surface area contributed by atoms with E-state index in [1.165, 1.54) is 5.56 Å². The zero-order chi connectivity index (χ0) is 11.4. The van der Waals surface area contributed by atoms with Crippen LogP contribution < -0.4 is 0 Å². The fraction of sp³-hybridized carbons (Fsp3) is 0.308. The van der Waals surface area contributed by atoms with Crippen LogP contribution in [-0.2, 0) is 4.74 Å². The SMILES string of the molecule is CCC=[N+]1C=C(O)OC[C@@H]1c1ccccc1. The van der Waals surface area contributed by atoms with E-state index in [1.807, 2.05) is 22.8 Å². The Balaban J connectivity index is 2.31. The maximum Gasteiger partial charge on any atom is 0.344 e. The summed E-state index contributed by atoms with van der Waals surface area (Å²) >= 11 is 0. The molecule has 1 atom stereocenters. The van der Waals surface area contributed by atoms with Crippen molar-refractivity contribution in [2.75, 3.05) is 6.61 Å². The van der Waals surface area contributed by atoms with Gasteiger partial charge in [0.05, 0.1) is 0 Å². The monoisotopic (exact) mass is 218 g/mol. The maximum atomic E-state index is 9.35. The molecule has 0 saturated heterocycles. The molecule has 0 saturated carbocycles. The molecule has 16 heavy (non-hydrogen) atoms. The second-order valence-electron chi connectivity index (χ2n) is 3.74. The molecule has 1 aromatic carbocycles. The summed E-state index contributed by atoms with van der Waals surface area (Å²) < 4.78 is 7.18. The lowest BCUT2D eigenvalue weighted by molar-refractivity contribution is -0.522. The molecular weight excluding hydrogens is 202 g/mol. The zero-order valence-corrected chi connectivity index (χ0v) is 9.34. The third-order valence-electron chi connectivity index (χ3n) is 2.59. The molecule has 1 aromatic rings. The van der Waals surface area contributed by atoms with Crippen LogP contribution in [0.1, 0.15) is 24.9 Å². The first-order valence-electron chi connectivity index (χ1n) is 5.50. The van der Waals surface area contributed by atoms with Gasteiger partial charge in [0.2, 0.25) is 12.2 Å². The molecule has 3 nitrogen and oxygen atoms in total. The molecule has 1 heterocycles. The van der Waals surface area contributed by atoms with Crippen molar-refractivity contribution < 1.29 is 14.4 Å². The van der Waals surface area contributed by atoms with Gasteiger partial charge >= 0.3 is 5.95 Å². The van der Waals surface area contributed by atoms with Gasteiger partial charge in [-0.2, -0.15) is 4.58 Å². The number of aliphatic hydroxyl groups excluding tert-OH is 1. The molecule has 3 heteroatoms. The Hall–Kier alpha value is -1.77. The zero-order valence-electron chi connectivity index (χ0n) is 9.34. The van der Waals surface area contributed by atoms with E-state index < -0.39 is 0 Å². The highest BCUT2D eigenvalue weighted by Gasteiger charge is 2.28. The van der Waals surface area contributed by atoms with Gasteiger partial charge in [-0.15, -0.1) is 0 Å². The fourth-order valence-corrected chi connectivity index (χ4v) is 1.84. The van der Waals surface area contributed by atoms with Crippen molar-refractivity contribution in [1.82, 2.24) is 0 Å². The molecule has 0 fully saturated rings. The van der Waals surface area contributed by atoms with Gasteiger partial charge in [0.15, 0.2) is 6.61 Å². The summed E-state index contributed by atoms with van der Waals surface area (Å²) in [7, 11) is 0. The van der Waals surface area contributed by atoms with Gasteiger partial charge in [0.1, 0.15) is 6.21 Å². The Morgan fingerprint density at radius 1 is 1.44 bits per heavy atom. The third-order valence-corrected chi connectivity index (χ3v) is 2.59. The molecule has 0 amide bonds. The highest BCUT2D eigenvalue weighted by Crippen LogP contribution is 2.22. The Bertz CT molecular complexity index is 409. The molecule has 0 aliphatic carbocycles. The van der Waals surface area contributed by atoms with Crippen LogP contribution in [0.15, 0.2) is 42.5 Å². The molecule has 2 rings (SSSR count). The number of rotatable bonds is 2. The van der Waals surface area contributed by atoms with Gasteiger partial charge < -0.3 is 9.84 Å². The lowest BCUT2D eigenvalue weighted by atomic mass is 10.1. The molecular formula is C13H16NO2+. The molecule has 0 bridgehead atoms. The number of nitrogens with zero attached hydrogens (tertiary/aromatic N) is 1. The molecule has 1 aliphatic rings. The van der Waals surface area contributed by atoms with Gasteiger partial charge in [-0.1, -0.05) is 37.3 Å². The summed E-state index contributed by atoms with van der Waals surface area (Å²) in [6, 6.07) is 10.3. The summed E-state index contributed by atoms with van der Waals surface area (Å²) in [6.07, 6.45) is 4.61. The number of hydrogen-bond acceptors (Lipinski definition) is 2. The molecule has 0 spiro atoms. The normalized spacial score (nSPS) is 22.7. The van der Waals surface area contributed by atoms with Crippen molar-refractivity contribution in [1.29, 1.82) is 0 Å². The van der Waals surface area contributed by atoms with Crippen LogP contribution in [0.5, 0.6) is 0 Å². The summed E-state index contributed by atoms with van der Waals surface area (Å²) in [5.74, 6) is -0.0168. The number of aliphatic hydroxyl groups is 1. The van der Waals surface area contributed by atoms with E-state index in [-0.39, 0.29) is 12.0 Å². The predicted octanol–water partition coefficient (Wildman–Crippen LogP) is 2.61. The van der Waals surface area contributed by atoms with Crippen molar-refractivity contribution in [2.45, 2.75) is 19.4 Å². The fourth-order valence-electron chi connectivity index (χ4n) is 1.84. The quantitative estimate of drug-likeness (QED) is 0.774. The summed E-state index contributed by atoms with van der Waals surface area (Å²) in [4.78, 5) is 0. The smallest absolute Gasteiger partial charge is 0.344 e. The van der Waals surface area contributed by atoms with E-state index in [0.717, 1.165) is 6.42 Å². The van der Waals surface area contributed by atoms with E-state index >= 15 is 0 Å². The third kappa shape index (κ3) is 2.24. The summed E-state index contributed by atoms with van der Waals surface area (Å²) in [5, 5.41) is 9.35. The molecule has 1 N–H and O–H groups in total. The van der Waals surface area contributed by atoms with E-state index in [2.05, 4.69) is 25.3 Å². The largest absolute Gasteiger partial charge is 0.477 e. The van der Waals surface area contributed by atoms with Crippen molar-refractivity contribution >= 4 is 6.21 Å². The van der Waals surface area contributed by atoms with Gasteiger partial charge in [-0.3, -0.25) is 0 Å². The molecule has 0 aromatic heterocycles. The van der Waals surface area contributed by atoms with Crippen LogP contribution in [-0.4, -0.2) is 22.5 Å². The second-order valence-corrected chi connectivity index (χ2v) is 3.74. The first-order chi connectivity index (χ1) is 7.81. The first-order valence-corrected chi connectivity index (χ1v) is 5.50. The van der Waals surface area contributed by atoms with Crippen molar-refractivity contribution in [3.63, 3.8) is 0 Å². The molecule has 1 aliphatic heterocycles. The van der Waals surface area contributed by atoms with Crippen molar-refractivity contribution in [2.24, 2.45) is 0 Å². The van der Waals surface area contributed by atoms with Gasteiger partial charge in [0, 0.05) is 12.0 Å². The van der Waals surface area contributed by atoms with Crippen LogP contribution >= 0.6 is 0 Å². The van der Waals surface area contributed by atoms with Crippen LogP contribution in [0, 0.1) is 0 Å². The molecule has 0 radical (unpaired) electrons. The Morgan fingerprint density at radius 3 is 2.88 bits per heavy atom. The van der Waals surface area contributed by atoms with Gasteiger partial charge in [-0.05, 0) is 0 Å². The number of benzene rings is 1. The van der Waals surface area contributed by atoms with Crippen molar-refractivity contribution in [3.8, 4) is 0 Å². The van der Waals surface area contributed by atoms with Crippen LogP contribution in [0.2, 0.25) is 0 Å². The van der Waals surface area contributed by atoms with Crippen LogP contribution in [0.25, 0.3) is 0 Å². The van der Waals surface area contributed by atoms with E-state index in [0.29, 0.717) is 6.61 Å². The average molecular weight is 218 g/mol. The predicted molar refractivity (Wildman–Crippen MR) is 62.5 cm³/mol. The van der Waals surface area contributed by atoms with Crippen LogP contribution in [0.3, 0.4) is 0 Å². The topological polar surface area (TPSA) is 32.5 Å². The van der Waals surface area contributed by atoms with Crippen molar-refractivity contribution in [3.05, 3.63) is 48.0 Å². The Kier molecular flexibility index (Phi) is 3.25. The lowest BCUT2D eigenvalue weighted by Crippen LogP contribution is -2.25. The highest BCUT2D eigenvalue weighted by atomic mass is 16.6. The van der Waals surface area contributed by atoms with E-state index in [1.54, 1.807) is 6.20 Å². The first kappa shape index (κ1) is 10.7. The summed E-state index contributed by atoms with van der Waals surface area (Å²) in [5.41, 5.74) is 1.19. The highest BCUT2D eigenvalue weighted by molar-refractivity contribution is 5.51. The molecule has 84 valence electrons.